The summed E-state index contributed by atoms with van der Waals surface area (Å²) >= 11 is 0. The van der Waals surface area contributed by atoms with Crippen LogP contribution in [-0.2, 0) is 40.8 Å². The van der Waals surface area contributed by atoms with Crippen LogP contribution in [0.3, 0.4) is 0 Å². The van der Waals surface area contributed by atoms with Gasteiger partial charge in [0.15, 0.2) is 0 Å². The van der Waals surface area contributed by atoms with Crippen LogP contribution in [0, 0.1) is 41.7 Å². The van der Waals surface area contributed by atoms with Crippen LogP contribution < -0.4 is 31.5 Å². The molecule has 0 aromatic carbocycles. The average Bonchev–Trinajstić information content (AvgIpc) is 2.79. The van der Waals surface area contributed by atoms with Crippen molar-refractivity contribution in [3.8, 4) is 0 Å². The van der Waals surface area contributed by atoms with E-state index in [0.717, 1.165) is 70.9 Å². The number of nitrogens with two attached hydrogens (primary N) is 2. The van der Waals surface area contributed by atoms with Gasteiger partial charge < -0.3 is 58.6 Å². The molecule has 0 spiro atoms. The molecule has 0 aliphatic carbocycles. The Labute approximate surface area is 259 Å². The van der Waals surface area contributed by atoms with E-state index in [2.05, 4.69) is 32.5 Å². The summed E-state index contributed by atoms with van der Waals surface area (Å²) in [5, 5.41) is 3.03. The Hall–Kier alpha value is 1.59. The van der Waals surface area contributed by atoms with Crippen molar-refractivity contribution >= 4 is 23.5 Å². The number of hydrogen-bond donors (Lipinski definition) is 3. The molecule has 0 atom stereocenters. The Kier molecular flexibility index (Phi) is 28.8. The first-order valence-corrected chi connectivity index (χ1v) is 16.8. The maximum atomic E-state index is 10.6. The Bertz CT molecular complexity index is 578. The van der Waals surface area contributed by atoms with Crippen LogP contribution >= 0.6 is 23.5 Å². The Morgan fingerprint density at radius 1 is 0.500 bits per heavy atom. The first-order valence-electron chi connectivity index (χ1n) is 12.4. The minimum atomic E-state index is -3.91. The fourth-order valence-electron chi connectivity index (χ4n) is 2.64. The van der Waals surface area contributed by atoms with E-state index in [0.29, 0.717) is 13.1 Å². The molecule has 0 unspecified atom stereocenters. The molecule has 19 heteroatoms. The molecule has 0 bridgehead atoms. The molecule has 1 radical (unpaired) electrons. The van der Waals surface area contributed by atoms with Gasteiger partial charge >= 0.3 is 41.7 Å². The van der Waals surface area contributed by atoms with Crippen molar-refractivity contribution in [2.75, 3.05) is 65.8 Å². The maximum Gasteiger partial charge on any atom is 3.00 e. The molecule has 3 heterocycles. The third-order valence-electron chi connectivity index (χ3n) is 4.50. The SMILES string of the molecule is NCCNCCN.O=P1([O-])OCCCCCO1.O=P1([O-])OCCCCCO1.O=P1([O-])OCCCCCO1.[Ce+3]. The van der Waals surface area contributed by atoms with Crippen LogP contribution in [0.25, 0.3) is 0 Å². The number of phosphoric acid groups is 3. The largest absolute Gasteiger partial charge is 3.00 e. The molecule has 3 aliphatic heterocycles. The smallest absolute Gasteiger partial charge is 0.756 e. The van der Waals surface area contributed by atoms with E-state index in [9.17, 15) is 28.4 Å². The van der Waals surface area contributed by atoms with E-state index in [4.69, 9.17) is 11.5 Å². The fourth-order valence-corrected chi connectivity index (χ4v) is 4.98. The van der Waals surface area contributed by atoms with E-state index in [-0.39, 0.29) is 81.4 Å². The zero-order chi connectivity index (χ0) is 27.9. The predicted molar refractivity (Wildman–Crippen MR) is 131 cm³/mol. The van der Waals surface area contributed by atoms with Crippen molar-refractivity contribution in [2.24, 2.45) is 11.5 Å². The molecule has 0 aromatic heterocycles. The van der Waals surface area contributed by atoms with Crippen molar-refractivity contribution in [3.63, 3.8) is 0 Å². The molecule has 0 saturated carbocycles. The predicted octanol–water partition coefficient (Wildman–Crippen LogP) is 0.509. The first kappa shape index (κ1) is 41.7. The van der Waals surface area contributed by atoms with Gasteiger partial charge in [0.1, 0.15) is 0 Å². The van der Waals surface area contributed by atoms with Crippen molar-refractivity contribution in [2.45, 2.75) is 57.8 Å². The Morgan fingerprint density at radius 2 is 0.711 bits per heavy atom. The number of nitrogens with one attached hydrogen (secondary N) is 1. The van der Waals surface area contributed by atoms with Gasteiger partial charge in [-0.25, -0.2) is 0 Å². The van der Waals surface area contributed by atoms with Gasteiger partial charge in [-0.15, -0.1) is 0 Å². The molecule has 15 nitrogen and oxygen atoms in total. The van der Waals surface area contributed by atoms with Gasteiger partial charge in [-0.1, -0.05) is 0 Å². The monoisotopic (exact) mass is 738 g/mol. The van der Waals surface area contributed by atoms with Gasteiger partial charge in [-0.05, 0) is 57.8 Å². The zero-order valence-corrected chi connectivity index (χ0v) is 27.7. The van der Waals surface area contributed by atoms with Gasteiger partial charge in [0, 0.05) is 26.2 Å². The minimum Gasteiger partial charge on any atom is -0.756 e. The normalized spacial score (nSPS) is 23.0. The number of hydrogen-bond acceptors (Lipinski definition) is 15. The summed E-state index contributed by atoms with van der Waals surface area (Å²) in [6, 6.07) is 0. The summed E-state index contributed by atoms with van der Waals surface area (Å²) in [7, 11) is -11.7. The summed E-state index contributed by atoms with van der Waals surface area (Å²) in [4.78, 5) is 31.8. The van der Waals surface area contributed by atoms with Crippen LogP contribution in [0.1, 0.15) is 57.8 Å². The van der Waals surface area contributed by atoms with Crippen LogP contribution in [0.5, 0.6) is 0 Å². The van der Waals surface area contributed by atoms with Gasteiger partial charge in [-0.2, -0.15) is 0 Å². The van der Waals surface area contributed by atoms with E-state index < -0.39 is 23.5 Å². The zero-order valence-electron chi connectivity index (χ0n) is 21.8. The quantitative estimate of drug-likeness (QED) is 0.263. The van der Waals surface area contributed by atoms with E-state index in [1.165, 1.54) is 0 Å². The molecule has 3 saturated heterocycles. The van der Waals surface area contributed by atoms with Crippen LogP contribution in [0.2, 0.25) is 0 Å². The molecule has 3 fully saturated rings. The van der Waals surface area contributed by atoms with Crippen LogP contribution in [0.4, 0.5) is 0 Å². The second-order valence-corrected chi connectivity index (χ2v) is 12.1. The molecule has 0 aromatic rings. The van der Waals surface area contributed by atoms with E-state index >= 15 is 0 Å². The third kappa shape index (κ3) is 29.1. The summed E-state index contributed by atoms with van der Waals surface area (Å²) in [6.07, 6.45) is 7.72. The maximum absolute atomic E-state index is 10.6. The Balaban J connectivity index is 0. The Morgan fingerprint density at radius 3 is 0.895 bits per heavy atom. The molecule has 38 heavy (non-hydrogen) atoms. The molecular weight excluding hydrogens is 695 g/mol. The molecule has 225 valence electrons. The van der Waals surface area contributed by atoms with E-state index in [1.807, 2.05) is 0 Å². The van der Waals surface area contributed by atoms with Crippen molar-refractivity contribution < 1.29 is 97.3 Å². The van der Waals surface area contributed by atoms with Gasteiger partial charge in [0.25, 0.3) is 23.5 Å². The molecule has 5 N–H and O–H groups in total. The molecular formula is C19H43CeN3O12P3. The molecule has 3 aliphatic rings. The summed E-state index contributed by atoms with van der Waals surface area (Å²) in [6.45, 7) is 4.72. The minimum absolute atomic E-state index is 0. The first-order chi connectivity index (χ1) is 17.5. The topological polar surface area (TPSA) is 240 Å². The van der Waals surface area contributed by atoms with Crippen LogP contribution in [0.15, 0.2) is 0 Å². The van der Waals surface area contributed by atoms with Crippen molar-refractivity contribution in [1.29, 1.82) is 0 Å². The van der Waals surface area contributed by atoms with Crippen LogP contribution in [-0.4, -0.2) is 65.8 Å². The van der Waals surface area contributed by atoms with E-state index in [1.54, 1.807) is 0 Å². The average molecular weight is 739 g/mol. The molecule has 0 amide bonds. The third-order valence-corrected chi connectivity index (χ3v) is 7.50. The van der Waals surface area contributed by atoms with Crippen molar-refractivity contribution in [3.05, 3.63) is 0 Å². The standard InChI is InChI=1S/3C5H11O4P.C4H13N3.Ce/c3*6-10(7)8-4-2-1-3-5-9-10;5-1-3-7-4-2-6;/h3*1-5H2,(H,6,7);7H,1-6H2;/q;;;;+3/p-3. The summed E-state index contributed by atoms with van der Waals surface area (Å²) < 4.78 is 58.5. The van der Waals surface area contributed by atoms with Gasteiger partial charge in [0.05, 0.1) is 39.6 Å². The second kappa shape index (κ2) is 26.2. The molecule has 3 rings (SSSR count). The van der Waals surface area contributed by atoms with Crippen molar-refractivity contribution in [1.82, 2.24) is 5.32 Å². The van der Waals surface area contributed by atoms with Gasteiger partial charge in [0.2, 0.25) is 0 Å². The summed E-state index contributed by atoms with van der Waals surface area (Å²) in [5.41, 5.74) is 10.3. The number of rotatable bonds is 4. The summed E-state index contributed by atoms with van der Waals surface area (Å²) in [5.74, 6) is 0. The second-order valence-electron chi connectivity index (χ2n) is 7.85. The van der Waals surface area contributed by atoms with Gasteiger partial charge in [-0.3, -0.25) is 13.7 Å². The fraction of sp³-hybridized carbons (Fsp3) is 1.00. The number of phosphoric ester groups is 3.